The summed E-state index contributed by atoms with van der Waals surface area (Å²) in [5.41, 5.74) is 2.30. The van der Waals surface area contributed by atoms with Crippen LogP contribution in [0.3, 0.4) is 0 Å². The number of fused-ring (bicyclic) bond motifs is 1. The molecule has 0 fully saturated rings. The zero-order valence-electron chi connectivity index (χ0n) is 17.8. The smallest absolute Gasteiger partial charge is 0.262 e. The number of imidazole rings is 1. The van der Waals surface area contributed by atoms with E-state index in [1.165, 1.54) is 18.2 Å². The molecule has 0 unspecified atom stereocenters. The van der Waals surface area contributed by atoms with E-state index < -0.39 is 11.7 Å². The monoisotopic (exact) mass is 446 g/mol. The molecule has 0 saturated heterocycles. The lowest BCUT2D eigenvalue weighted by Crippen LogP contribution is -2.26. The number of ether oxygens (including phenoxy) is 1. The molecule has 0 aliphatic carbocycles. The molecule has 0 spiro atoms. The third kappa shape index (κ3) is 5.74. The molecule has 0 aliphatic heterocycles. The Balaban J connectivity index is 1.27. The first kappa shape index (κ1) is 22.0. The number of hydrogen-bond acceptors (Lipinski definition) is 4. The first-order valence-electron chi connectivity index (χ1n) is 10.6. The van der Waals surface area contributed by atoms with E-state index in [4.69, 9.17) is 4.74 Å². The van der Waals surface area contributed by atoms with E-state index in [0.29, 0.717) is 24.9 Å². The van der Waals surface area contributed by atoms with Crippen LogP contribution >= 0.6 is 0 Å². The van der Waals surface area contributed by atoms with E-state index >= 15 is 0 Å². The van der Waals surface area contributed by atoms with Gasteiger partial charge in [-0.3, -0.25) is 9.59 Å². The van der Waals surface area contributed by atoms with Crippen molar-refractivity contribution in [2.45, 2.75) is 12.8 Å². The number of carbonyl (C=O) groups excluding carboxylic acids is 2. The van der Waals surface area contributed by atoms with Crippen molar-refractivity contribution in [3.8, 4) is 5.75 Å². The highest BCUT2D eigenvalue weighted by Crippen LogP contribution is 2.18. The fourth-order valence-corrected chi connectivity index (χ4v) is 3.35. The molecule has 4 aromatic rings. The van der Waals surface area contributed by atoms with Gasteiger partial charge in [-0.25, -0.2) is 9.37 Å². The van der Waals surface area contributed by atoms with Crippen molar-refractivity contribution in [3.05, 3.63) is 90.0 Å². The van der Waals surface area contributed by atoms with E-state index in [0.717, 1.165) is 16.9 Å². The maximum absolute atomic E-state index is 13.7. The van der Waals surface area contributed by atoms with Crippen LogP contribution in [0.25, 0.3) is 11.0 Å². The quantitative estimate of drug-likeness (QED) is 0.338. The second-order valence-corrected chi connectivity index (χ2v) is 7.37. The molecule has 4 rings (SSSR count). The molecule has 33 heavy (non-hydrogen) atoms. The van der Waals surface area contributed by atoms with Crippen molar-refractivity contribution in [2.75, 3.05) is 18.5 Å². The third-order valence-electron chi connectivity index (χ3n) is 4.95. The number of hydrogen-bond donors (Lipinski definition) is 3. The number of aromatic nitrogens is 2. The first-order valence-corrected chi connectivity index (χ1v) is 10.6. The molecular weight excluding hydrogens is 423 g/mol. The van der Waals surface area contributed by atoms with E-state index in [2.05, 4.69) is 20.6 Å². The Bertz CT molecular complexity index is 1240. The summed E-state index contributed by atoms with van der Waals surface area (Å²) in [6.45, 7) is 0.0999. The predicted molar refractivity (Wildman–Crippen MR) is 124 cm³/mol. The maximum Gasteiger partial charge on any atom is 0.262 e. The summed E-state index contributed by atoms with van der Waals surface area (Å²) >= 11 is 0. The number of halogens is 1. The van der Waals surface area contributed by atoms with Gasteiger partial charge < -0.3 is 20.4 Å². The van der Waals surface area contributed by atoms with Crippen molar-refractivity contribution in [1.82, 2.24) is 15.3 Å². The molecule has 8 heteroatoms. The zero-order valence-corrected chi connectivity index (χ0v) is 17.8. The number of nitrogens with zero attached hydrogens (tertiary/aromatic N) is 1. The van der Waals surface area contributed by atoms with Crippen LogP contribution in [0.5, 0.6) is 5.75 Å². The number of H-pyrrole nitrogens is 1. The number of rotatable bonds is 9. The van der Waals surface area contributed by atoms with Gasteiger partial charge in [0.05, 0.1) is 22.3 Å². The fourth-order valence-electron chi connectivity index (χ4n) is 3.35. The summed E-state index contributed by atoms with van der Waals surface area (Å²) in [5.74, 6) is -0.217. The lowest BCUT2D eigenvalue weighted by atomic mass is 10.2. The molecule has 2 amide bonds. The molecule has 7 nitrogen and oxygen atoms in total. The van der Waals surface area contributed by atoms with E-state index in [1.807, 2.05) is 24.3 Å². The van der Waals surface area contributed by atoms with Gasteiger partial charge in [0.15, 0.2) is 6.61 Å². The molecule has 0 saturated carbocycles. The van der Waals surface area contributed by atoms with Gasteiger partial charge in [0.1, 0.15) is 17.4 Å². The number of amides is 2. The number of para-hydroxylation sites is 4. The standard InChI is InChI=1S/C25H23FN4O3/c26-18-9-2-3-10-19(18)30-24(31)16-33-22-13-6-1-8-17(22)25(32)27-15-7-14-23-28-20-11-4-5-12-21(20)29-23/h1-6,8-13H,7,14-16H2,(H,27,32)(H,28,29)(H,30,31). The van der Waals surface area contributed by atoms with Crippen LogP contribution in [-0.2, 0) is 11.2 Å². The summed E-state index contributed by atoms with van der Waals surface area (Å²) in [4.78, 5) is 32.5. The minimum absolute atomic E-state index is 0.0709. The largest absolute Gasteiger partial charge is 0.483 e. The third-order valence-corrected chi connectivity index (χ3v) is 4.95. The van der Waals surface area contributed by atoms with Crippen molar-refractivity contribution in [2.24, 2.45) is 0 Å². The summed E-state index contributed by atoms with van der Waals surface area (Å²) in [5, 5.41) is 5.32. The van der Waals surface area contributed by atoms with Crippen molar-refractivity contribution in [1.29, 1.82) is 0 Å². The fraction of sp³-hybridized carbons (Fsp3) is 0.160. The average Bonchev–Trinajstić information content (AvgIpc) is 3.25. The molecule has 0 aliphatic rings. The minimum atomic E-state index is -0.534. The van der Waals surface area contributed by atoms with Crippen LogP contribution < -0.4 is 15.4 Å². The van der Waals surface area contributed by atoms with Crippen LogP contribution in [0, 0.1) is 5.82 Å². The Labute approximate surface area is 190 Å². The Kier molecular flexibility index (Phi) is 6.94. The topological polar surface area (TPSA) is 96.1 Å². The second kappa shape index (κ2) is 10.4. The summed E-state index contributed by atoms with van der Waals surface area (Å²) in [7, 11) is 0. The van der Waals surface area contributed by atoms with Crippen LogP contribution in [0.2, 0.25) is 0 Å². The van der Waals surface area contributed by atoms with Crippen molar-refractivity contribution >= 4 is 28.5 Å². The minimum Gasteiger partial charge on any atom is -0.483 e. The number of carbonyl (C=O) groups is 2. The lowest BCUT2D eigenvalue weighted by Gasteiger charge is -2.12. The van der Waals surface area contributed by atoms with Gasteiger partial charge in [-0.15, -0.1) is 0 Å². The summed E-state index contributed by atoms with van der Waals surface area (Å²) in [6.07, 6.45) is 1.41. The molecule has 3 aromatic carbocycles. The maximum atomic E-state index is 13.7. The lowest BCUT2D eigenvalue weighted by molar-refractivity contribution is -0.118. The highest BCUT2D eigenvalue weighted by molar-refractivity contribution is 5.97. The highest BCUT2D eigenvalue weighted by Gasteiger charge is 2.14. The molecular formula is C25H23FN4O3. The van der Waals surface area contributed by atoms with Gasteiger partial charge in [0, 0.05) is 13.0 Å². The Hall–Kier alpha value is -4.20. The number of aromatic amines is 1. The predicted octanol–water partition coefficient (Wildman–Crippen LogP) is 4.08. The summed E-state index contributed by atoms with van der Waals surface area (Å²) in [6, 6.07) is 20.3. The van der Waals surface area contributed by atoms with E-state index in [9.17, 15) is 14.0 Å². The Morgan fingerprint density at radius 2 is 1.73 bits per heavy atom. The van der Waals surface area contributed by atoms with Gasteiger partial charge in [-0.2, -0.15) is 0 Å². The molecule has 0 atom stereocenters. The normalized spacial score (nSPS) is 10.7. The SMILES string of the molecule is O=C(COc1ccccc1C(=O)NCCCc1nc2ccccc2[nH]1)Nc1ccccc1F. The Morgan fingerprint density at radius 1 is 0.970 bits per heavy atom. The number of anilines is 1. The van der Waals surface area contributed by atoms with Gasteiger partial charge in [0.2, 0.25) is 0 Å². The van der Waals surface area contributed by atoms with E-state index in [1.54, 1.807) is 30.3 Å². The number of nitrogens with one attached hydrogen (secondary N) is 3. The molecule has 168 valence electrons. The van der Waals surface area contributed by atoms with Crippen LogP contribution in [0.15, 0.2) is 72.8 Å². The molecule has 1 heterocycles. The van der Waals surface area contributed by atoms with Gasteiger partial charge >= 0.3 is 0 Å². The highest BCUT2D eigenvalue weighted by atomic mass is 19.1. The first-order chi connectivity index (χ1) is 16.1. The van der Waals surface area contributed by atoms with Crippen LogP contribution in [0.4, 0.5) is 10.1 Å². The van der Waals surface area contributed by atoms with Gasteiger partial charge in [0.25, 0.3) is 11.8 Å². The zero-order chi connectivity index (χ0) is 23.0. The number of aryl methyl sites for hydroxylation is 1. The van der Waals surface area contributed by atoms with Crippen molar-refractivity contribution in [3.63, 3.8) is 0 Å². The molecule has 1 aromatic heterocycles. The van der Waals surface area contributed by atoms with E-state index in [-0.39, 0.29) is 24.0 Å². The average molecular weight is 446 g/mol. The molecule has 0 radical (unpaired) electrons. The van der Waals surface area contributed by atoms with Crippen molar-refractivity contribution < 1.29 is 18.7 Å². The molecule has 0 bridgehead atoms. The van der Waals surface area contributed by atoms with Gasteiger partial charge in [-0.1, -0.05) is 36.4 Å². The summed E-state index contributed by atoms with van der Waals surface area (Å²) < 4.78 is 19.2. The molecule has 3 N–H and O–H groups in total. The number of benzene rings is 3. The van der Waals surface area contributed by atoms with Gasteiger partial charge in [-0.05, 0) is 42.8 Å². The Morgan fingerprint density at radius 3 is 2.58 bits per heavy atom. The van der Waals surface area contributed by atoms with Crippen LogP contribution in [0.1, 0.15) is 22.6 Å². The second-order valence-electron chi connectivity index (χ2n) is 7.37. The van der Waals surface area contributed by atoms with Crippen LogP contribution in [-0.4, -0.2) is 34.9 Å².